The minimum absolute atomic E-state index is 0.0202. The second-order valence-electron chi connectivity index (χ2n) is 6.89. The standard InChI is InChI=1S/C20H23FN2O4S/c21-15-5-3-4-14(12-15)13-17-19(26)23(20(27)28-17)10-7-18(25)22-9-2-1-6-16(22)8-11-24/h3-5,12-13,16,24H,1-2,6-11H2/b17-13-/t16-/m1/s1. The number of benzene rings is 1. The quantitative estimate of drug-likeness (QED) is 0.735. The van der Waals surface area contributed by atoms with Gasteiger partial charge in [-0.1, -0.05) is 12.1 Å². The van der Waals surface area contributed by atoms with Crippen molar-refractivity contribution in [2.75, 3.05) is 19.7 Å². The van der Waals surface area contributed by atoms with Gasteiger partial charge in [0.05, 0.1) is 4.91 Å². The molecule has 2 saturated heterocycles. The van der Waals surface area contributed by atoms with E-state index in [9.17, 15) is 23.9 Å². The molecule has 0 unspecified atom stereocenters. The second-order valence-corrected chi connectivity index (χ2v) is 7.88. The number of hydrogen-bond donors (Lipinski definition) is 1. The van der Waals surface area contributed by atoms with Crippen LogP contribution < -0.4 is 0 Å². The molecule has 0 radical (unpaired) electrons. The molecule has 0 aliphatic carbocycles. The molecule has 3 amide bonds. The molecular weight excluding hydrogens is 383 g/mol. The van der Waals surface area contributed by atoms with Gasteiger partial charge in [-0.15, -0.1) is 0 Å². The largest absolute Gasteiger partial charge is 0.396 e. The van der Waals surface area contributed by atoms with Crippen molar-refractivity contribution in [1.29, 1.82) is 0 Å². The fourth-order valence-electron chi connectivity index (χ4n) is 3.57. The normalized spacial score (nSPS) is 21.6. The third-order valence-electron chi connectivity index (χ3n) is 4.98. The average molecular weight is 406 g/mol. The first-order chi connectivity index (χ1) is 13.5. The molecule has 0 saturated carbocycles. The van der Waals surface area contributed by atoms with E-state index in [2.05, 4.69) is 0 Å². The first-order valence-electron chi connectivity index (χ1n) is 9.41. The minimum Gasteiger partial charge on any atom is -0.396 e. The second kappa shape index (κ2) is 9.34. The molecule has 6 nitrogen and oxygen atoms in total. The number of halogens is 1. The van der Waals surface area contributed by atoms with Gasteiger partial charge in [0.1, 0.15) is 5.82 Å². The summed E-state index contributed by atoms with van der Waals surface area (Å²) in [5.74, 6) is -0.985. The van der Waals surface area contributed by atoms with Crippen molar-refractivity contribution >= 4 is 34.9 Å². The number of nitrogens with zero attached hydrogens (tertiary/aromatic N) is 2. The number of aliphatic hydroxyl groups is 1. The highest BCUT2D eigenvalue weighted by Gasteiger charge is 2.36. The molecule has 8 heteroatoms. The van der Waals surface area contributed by atoms with Crippen LogP contribution in [0.1, 0.15) is 37.7 Å². The molecule has 1 N–H and O–H groups in total. The summed E-state index contributed by atoms with van der Waals surface area (Å²) in [6.07, 6.45) is 4.91. The van der Waals surface area contributed by atoms with E-state index in [0.717, 1.165) is 35.9 Å². The number of piperidine rings is 1. The number of thioether (sulfide) groups is 1. The zero-order valence-corrected chi connectivity index (χ0v) is 16.3. The van der Waals surface area contributed by atoms with E-state index in [1.807, 2.05) is 0 Å². The Labute approximate surface area is 167 Å². The number of carbonyl (C=O) groups is 3. The summed E-state index contributed by atoms with van der Waals surface area (Å²) in [5, 5.41) is 8.76. The molecule has 150 valence electrons. The molecule has 1 aromatic carbocycles. The molecule has 2 aliphatic heterocycles. The fourth-order valence-corrected chi connectivity index (χ4v) is 4.43. The summed E-state index contributed by atoms with van der Waals surface area (Å²) in [6, 6.07) is 5.80. The number of amides is 3. The van der Waals surface area contributed by atoms with Gasteiger partial charge in [0.15, 0.2) is 0 Å². The first kappa shape index (κ1) is 20.5. The van der Waals surface area contributed by atoms with Crippen LogP contribution in [0.3, 0.4) is 0 Å². The van der Waals surface area contributed by atoms with Crippen LogP contribution >= 0.6 is 11.8 Å². The number of carbonyl (C=O) groups excluding carboxylic acids is 3. The molecule has 28 heavy (non-hydrogen) atoms. The Bertz CT molecular complexity index is 796. The summed E-state index contributed by atoms with van der Waals surface area (Å²) in [6.45, 7) is 0.694. The summed E-state index contributed by atoms with van der Waals surface area (Å²) in [4.78, 5) is 40.4. The number of hydrogen-bond acceptors (Lipinski definition) is 5. The fraction of sp³-hybridized carbons (Fsp3) is 0.450. The topological polar surface area (TPSA) is 77.9 Å². The summed E-state index contributed by atoms with van der Waals surface area (Å²) < 4.78 is 13.3. The highest BCUT2D eigenvalue weighted by molar-refractivity contribution is 8.18. The monoisotopic (exact) mass is 406 g/mol. The molecule has 0 aromatic heterocycles. The van der Waals surface area contributed by atoms with Gasteiger partial charge in [0.25, 0.3) is 11.1 Å². The van der Waals surface area contributed by atoms with Gasteiger partial charge < -0.3 is 10.0 Å². The number of aliphatic hydroxyl groups excluding tert-OH is 1. The SMILES string of the molecule is O=C1S/C(=C\c2cccc(F)c2)C(=O)N1CCC(=O)N1CCCC[C@@H]1CCO. The lowest BCUT2D eigenvalue weighted by Crippen LogP contribution is -2.45. The van der Waals surface area contributed by atoms with E-state index in [0.29, 0.717) is 18.5 Å². The Kier molecular flexibility index (Phi) is 6.85. The maximum absolute atomic E-state index is 13.3. The van der Waals surface area contributed by atoms with Crippen LogP contribution in [0.2, 0.25) is 0 Å². The zero-order valence-electron chi connectivity index (χ0n) is 15.5. The van der Waals surface area contributed by atoms with Gasteiger partial charge in [0.2, 0.25) is 5.91 Å². The molecule has 2 heterocycles. The van der Waals surface area contributed by atoms with Crippen LogP contribution in [0.25, 0.3) is 6.08 Å². The van der Waals surface area contributed by atoms with Gasteiger partial charge in [-0.2, -0.15) is 0 Å². The molecular formula is C20H23FN2O4S. The Morgan fingerprint density at radius 1 is 1.32 bits per heavy atom. The van der Waals surface area contributed by atoms with Gasteiger partial charge in [-0.25, -0.2) is 4.39 Å². The van der Waals surface area contributed by atoms with E-state index >= 15 is 0 Å². The zero-order chi connectivity index (χ0) is 20.1. The van der Waals surface area contributed by atoms with Gasteiger partial charge >= 0.3 is 0 Å². The van der Waals surface area contributed by atoms with Crippen molar-refractivity contribution in [1.82, 2.24) is 9.80 Å². The summed E-state index contributed by atoms with van der Waals surface area (Å²) in [7, 11) is 0. The molecule has 1 atom stereocenters. The highest BCUT2D eigenvalue weighted by atomic mass is 32.2. The van der Waals surface area contributed by atoms with Crippen LogP contribution in [-0.2, 0) is 9.59 Å². The Morgan fingerprint density at radius 3 is 2.89 bits per heavy atom. The highest BCUT2D eigenvalue weighted by Crippen LogP contribution is 2.32. The molecule has 2 aliphatic rings. The van der Waals surface area contributed by atoms with Crippen LogP contribution in [-0.4, -0.2) is 57.7 Å². The molecule has 0 spiro atoms. The predicted molar refractivity (Wildman–Crippen MR) is 105 cm³/mol. The van der Waals surface area contributed by atoms with E-state index in [1.165, 1.54) is 24.3 Å². The lowest BCUT2D eigenvalue weighted by Gasteiger charge is -2.36. The van der Waals surface area contributed by atoms with E-state index in [1.54, 1.807) is 11.0 Å². The first-order valence-corrected chi connectivity index (χ1v) is 10.2. The van der Waals surface area contributed by atoms with Crippen molar-refractivity contribution < 1.29 is 23.9 Å². The van der Waals surface area contributed by atoms with E-state index < -0.39 is 17.0 Å². The van der Waals surface area contributed by atoms with Gasteiger partial charge in [0, 0.05) is 32.2 Å². The number of imide groups is 1. The maximum atomic E-state index is 13.3. The van der Waals surface area contributed by atoms with Crippen molar-refractivity contribution in [3.05, 3.63) is 40.6 Å². The van der Waals surface area contributed by atoms with Crippen molar-refractivity contribution in [3.63, 3.8) is 0 Å². The summed E-state index contributed by atoms with van der Waals surface area (Å²) in [5.41, 5.74) is 0.502. The van der Waals surface area contributed by atoms with Crippen molar-refractivity contribution in [2.45, 2.75) is 38.1 Å². The number of likely N-dealkylation sites (tertiary alicyclic amines) is 1. The van der Waals surface area contributed by atoms with Crippen LogP contribution in [0, 0.1) is 5.82 Å². The lowest BCUT2D eigenvalue weighted by atomic mass is 9.99. The van der Waals surface area contributed by atoms with Crippen molar-refractivity contribution in [2.24, 2.45) is 0 Å². The lowest BCUT2D eigenvalue weighted by molar-refractivity contribution is -0.135. The van der Waals surface area contributed by atoms with E-state index in [4.69, 9.17) is 0 Å². The van der Waals surface area contributed by atoms with Gasteiger partial charge in [-0.05, 0) is 61.2 Å². The molecule has 0 bridgehead atoms. The molecule has 3 rings (SSSR count). The molecule has 1 aromatic rings. The van der Waals surface area contributed by atoms with Crippen LogP contribution in [0.5, 0.6) is 0 Å². The minimum atomic E-state index is -0.461. The Morgan fingerprint density at radius 2 is 2.14 bits per heavy atom. The number of rotatable bonds is 6. The van der Waals surface area contributed by atoms with Gasteiger partial charge in [-0.3, -0.25) is 19.3 Å². The smallest absolute Gasteiger partial charge is 0.293 e. The molecule has 2 fully saturated rings. The Hall–Kier alpha value is -2.19. The maximum Gasteiger partial charge on any atom is 0.293 e. The average Bonchev–Trinajstić information content (AvgIpc) is 2.93. The third kappa shape index (κ3) is 4.80. The van der Waals surface area contributed by atoms with Crippen LogP contribution in [0.15, 0.2) is 29.2 Å². The van der Waals surface area contributed by atoms with Crippen molar-refractivity contribution in [3.8, 4) is 0 Å². The van der Waals surface area contributed by atoms with E-state index in [-0.39, 0.29) is 36.4 Å². The summed E-state index contributed by atoms with van der Waals surface area (Å²) >= 11 is 0.797. The van der Waals surface area contributed by atoms with Crippen LogP contribution in [0.4, 0.5) is 9.18 Å². The predicted octanol–water partition coefficient (Wildman–Crippen LogP) is 3.02. The third-order valence-corrected chi connectivity index (χ3v) is 5.89. The Balaban J connectivity index is 1.62.